The minimum Gasteiger partial charge on any atom is -0.302 e. The van der Waals surface area contributed by atoms with Crippen molar-refractivity contribution in [3.63, 3.8) is 0 Å². The summed E-state index contributed by atoms with van der Waals surface area (Å²) in [5.74, 6) is -0.233. The highest BCUT2D eigenvalue weighted by atomic mass is 19.1. The topological polar surface area (TPSA) is 49.7 Å². The van der Waals surface area contributed by atoms with Crippen molar-refractivity contribution in [2.24, 2.45) is 0 Å². The van der Waals surface area contributed by atoms with E-state index in [-0.39, 0.29) is 5.82 Å². The Balaban J connectivity index is 1.25. The molecule has 0 aliphatic carbocycles. The maximum Gasteiger partial charge on any atom is 0.123 e. The molecule has 0 atom stereocenters. The average Bonchev–Trinajstić information content (AvgIpc) is 3.42. The Kier molecular flexibility index (Phi) is 5.81. The molecule has 0 saturated carbocycles. The number of H-pyrrole nitrogens is 1. The molecule has 5 nitrogen and oxygen atoms in total. The number of hydrogen-bond donors (Lipinski definition) is 1. The van der Waals surface area contributed by atoms with E-state index in [1.54, 1.807) is 18.3 Å². The van der Waals surface area contributed by atoms with Crippen molar-refractivity contribution in [1.82, 2.24) is 24.9 Å². The Hall–Kier alpha value is -3.25. The number of rotatable bonds is 8. The van der Waals surface area contributed by atoms with Gasteiger partial charge in [-0.1, -0.05) is 12.1 Å². The van der Waals surface area contributed by atoms with Gasteiger partial charge in [0.1, 0.15) is 5.82 Å². The van der Waals surface area contributed by atoms with Gasteiger partial charge in [0.25, 0.3) is 0 Å². The first-order valence-electron chi connectivity index (χ1n) is 9.75. The molecule has 0 aliphatic heterocycles. The zero-order valence-electron chi connectivity index (χ0n) is 16.4. The molecular formula is C23H24FN5. The molecule has 4 aromatic rings. The quantitative estimate of drug-likeness (QED) is 0.484. The highest BCUT2D eigenvalue weighted by Gasteiger charge is 2.06. The number of halogens is 1. The summed E-state index contributed by atoms with van der Waals surface area (Å²) in [6, 6.07) is 18.9. The number of hydrogen-bond acceptors (Lipinski definition) is 3. The predicted molar refractivity (Wildman–Crippen MR) is 112 cm³/mol. The second-order valence-electron chi connectivity index (χ2n) is 7.24. The van der Waals surface area contributed by atoms with Crippen LogP contribution in [0.3, 0.4) is 0 Å². The first-order valence-corrected chi connectivity index (χ1v) is 9.75. The van der Waals surface area contributed by atoms with Gasteiger partial charge in [0.05, 0.1) is 11.4 Å². The Bertz CT molecular complexity index is 1020. The van der Waals surface area contributed by atoms with Gasteiger partial charge in [0.15, 0.2) is 0 Å². The summed E-state index contributed by atoms with van der Waals surface area (Å²) in [7, 11) is 2.14. The lowest BCUT2D eigenvalue weighted by Gasteiger charge is -2.16. The van der Waals surface area contributed by atoms with E-state index in [1.807, 2.05) is 23.0 Å². The first kappa shape index (κ1) is 19.1. The van der Waals surface area contributed by atoms with E-state index in [0.717, 1.165) is 48.6 Å². The lowest BCUT2D eigenvalue weighted by Crippen LogP contribution is -2.19. The molecule has 0 aliphatic rings. The van der Waals surface area contributed by atoms with Crippen LogP contribution in [0.15, 0.2) is 73.1 Å². The molecule has 148 valence electrons. The highest BCUT2D eigenvalue weighted by Crippen LogP contribution is 2.18. The van der Waals surface area contributed by atoms with E-state index in [2.05, 4.69) is 51.5 Å². The molecule has 0 unspecified atom stereocenters. The van der Waals surface area contributed by atoms with Crippen LogP contribution in [0.1, 0.15) is 17.7 Å². The summed E-state index contributed by atoms with van der Waals surface area (Å²) in [5.41, 5.74) is 5.22. The van der Waals surface area contributed by atoms with Crippen LogP contribution < -0.4 is 0 Å². The second-order valence-corrected chi connectivity index (χ2v) is 7.24. The lowest BCUT2D eigenvalue weighted by molar-refractivity contribution is 0.322. The Morgan fingerprint density at radius 1 is 1.07 bits per heavy atom. The molecule has 2 heterocycles. The summed E-state index contributed by atoms with van der Waals surface area (Å²) in [5, 5.41) is 11.7. The molecular weight excluding hydrogens is 365 g/mol. The molecule has 0 bridgehead atoms. The van der Waals surface area contributed by atoms with Gasteiger partial charge in [-0.2, -0.15) is 10.2 Å². The maximum absolute atomic E-state index is 13.1. The summed E-state index contributed by atoms with van der Waals surface area (Å²) in [4.78, 5) is 2.32. The van der Waals surface area contributed by atoms with Crippen LogP contribution in [0.2, 0.25) is 0 Å². The van der Waals surface area contributed by atoms with E-state index in [9.17, 15) is 4.39 Å². The minimum absolute atomic E-state index is 0.233. The summed E-state index contributed by atoms with van der Waals surface area (Å²) < 4.78 is 14.9. The zero-order chi connectivity index (χ0) is 20.1. The van der Waals surface area contributed by atoms with Crippen molar-refractivity contribution in [1.29, 1.82) is 0 Å². The van der Waals surface area contributed by atoms with Crippen molar-refractivity contribution >= 4 is 0 Å². The molecule has 1 N–H and O–H groups in total. The van der Waals surface area contributed by atoms with Crippen molar-refractivity contribution < 1.29 is 4.39 Å². The van der Waals surface area contributed by atoms with Gasteiger partial charge in [-0.25, -0.2) is 9.07 Å². The van der Waals surface area contributed by atoms with Gasteiger partial charge in [0.2, 0.25) is 0 Å². The third kappa shape index (κ3) is 4.97. The molecule has 0 amide bonds. The SMILES string of the molecule is CN(CCCc1cc(-c2ccc(F)cc2)n[nH]1)Cc1ccc(-n2cccn2)cc1. The molecule has 2 aromatic heterocycles. The largest absolute Gasteiger partial charge is 0.302 e. The molecule has 0 saturated heterocycles. The van der Waals surface area contributed by atoms with Crippen LogP contribution in [0.25, 0.3) is 16.9 Å². The van der Waals surface area contributed by atoms with Crippen molar-refractivity contribution in [3.05, 3.63) is 90.1 Å². The average molecular weight is 389 g/mol. The monoisotopic (exact) mass is 389 g/mol. The van der Waals surface area contributed by atoms with Gasteiger partial charge in [0, 0.05) is 30.2 Å². The number of aryl methyl sites for hydroxylation is 1. The van der Waals surface area contributed by atoms with Gasteiger partial charge < -0.3 is 4.90 Å². The Morgan fingerprint density at radius 2 is 1.86 bits per heavy atom. The number of nitrogens with zero attached hydrogens (tertiary/aromatic N) is 4. The fourth-order valence-electron chi connectivity index (χ4n) is 3.36. The van der Waals surface area contributed by atoms with E-state index in [0.29, 0.717) is 0 Å². The highest BCUT2D eigenvalue weighted by molar-refractivity contribution is 5.58. The third-order valence-corrected chi connectivity index (χ3v) is 4.91. The smallest absolute Gasteiger partial charge is 0.123 e. The fourth-order valence-corrected chi connectivity index (χ4v) is 3.36. The predicted octanol–water partition coefficient (Wildman–Crippen LogP) is 4.47. The van der Waals surface area contributed by atoms with Gasteiger partial charge in [-0.05, 0) is 80.5 Å². The Morgan fingerprint density at radius 3 is 2.59 bits per heavy atom. The molecule has 0 spiro atoms. The van der Waals surface area contributed by atoms with Gasteiger partial charge in [-0.15, -0.1) is 0 Å². The van der Waals surface area contributed by atoms with E-state index in [1.165, 1.54) is 17.7 Å². The summed E-state index contributed by atoms with van der Waals surface area (Å²) in [6.07, 6.45) is 5.69. The van der Waals surface area contributed by atoms with E-state index < -0.39 is 0 Å². The van der Waals surface area contributed by atoms with Crippen LogP contribution >= 0.6 is 0 Å². The van der Waals surface area contributed by atoms with Gasteiger partial charge in [-0.3, -0.25) is 5.10 Å². The summed E-state index contributed by atoms with van der Waals surface area (Å²) >= 11 is 0. The number of nitrogens with one attached hydrogen (secondary N) is 1. The number of benzene rings is 2. The van der Waals surface area contributed by atoms with Gasteiger partial charge >= 0.3 is 0 Å². The lowest BCUT2D eigenvalue weighted by atomic mass is 10.1. The normalized spacial score (nSPS) is 11.3. The van der Waals surface area contributed by atoms with Crippen LogP contribution in [0, 0.1) is 5.82 Å². The molecule has 0 fully saturated rings. The first-order chi connectivity index (χ1) is 14.2. The second kappa shape index (κ2) is 8.84. The molecule has 6 heteroatoms. The van der Waals surface area contributed by atoms with Crippen LogP contribution in [0.5, 0.6) is 0 Å². The third-order valence-electron chi connectivity index (χ3n) is 4.91. The van der Waals surface area contributed by atoms with Crippen molar-refractivity contribution in [2.45, 2.75) is 19.4 Å². The fraction of sp³-hybridized carbons (Fsp3) is 0.217. The van der Waals surface area contributed by atoms with E-state index in [4.69, 9.17) is 0 Å². The van der Waals surface area contributed by atoms with Crippen LogP contribution in [0.4, 0.5) is 4.39 Å². The standard InChI is InChI=1S/C23H24FN5/c1-28(17-18-5-11-22(12-6-18)29-15-3-13-25-29)14-2-4-21-16-23(27-26-21)19-7-9-20(24)10-8-19/h3,5-13,15-16H,2,4,14,17H2,1H3,(H,26,27). The van der Waals surface area contributed by atoms with Crippen molar-refractivity contribution in [2.75, 3.05) is 13.6 Å². The number of aromatic nitrogens is 4. The zero-order valence-corrected chi connectivity index (χ0v) is 16.4. The molecule has 4 rings (SSSR count). The maximum atomic E-state index is 13.1. The van der Waals surface area contributed by atoms with Crippen LogP contribution in [-0.2, 0) is 13.0 Å². The number of aromatic amines is 1. The van der Waals surface area contributed by atoms with Crippen LogP contribution in [-0.4, -0.2) is 38.5 Å². The molecule has 0 radical (unpaired) electrons. The molecule has 29 heavy (non-hydrogen) atoms. The van der Waals surface area contributed by atoms with E-state index >= 15 is 0 Å². The Labute approximate surface area is 169 Å². The summed E-state index contributed by atoms with van der Waals surface area (Å²) in [6.45, 7) is 1.90. The minimum atomic E-state index is -0.233. The van der Waals surface area contributed by atoms with Crippen molar-refractivity contribution in [3.8, 4) is 16.9 Å². The molecule has 2 aromatic carbocycles.